The third-order valence-corrected chi connectivity index (χ3v) is 8.22. The first kappa shape index (κ1) is 24.0. The Labute approximate surface area is 215 Å². The fraction of sp³-hybridized carbons (Fsp3) is 0.433. The number of nitrogens with zero attached hydrogens (tertiary/aromatic N) is 1. The molecule has 0 unspecified atom stereocenters. The molecule has 2 aromatic carbocycles. The molecule has 0 saturated heterocycles. The molecule has 194 valence electrons. The van der Waals surface area contributed by atoms with Crippen LogP contribution in [0.2, 0.25) is 0 Å². The third kappa shape index (κ3) is 4.83. The Morgan fingerprint density at radius 1 is 1.08 bits per heavy atom. The number of fused-ring (bicyclic) bond motifs is 2. The highest BCUT2D eigenvalue weighted by atomic mass is 19.1. The zero-order chi connectivity index (χ0) is 25.4. The van der Waals surface area contributed by atoms with Gasteiger partial charge in [-0.25, -0.2) is 8.78 Å². The number of nitrogens with one attached hydrogen (secondary N) is 2. The van der Waals surface area contributed by atoms with Gasteiger partial charge in [0.05, 0.1) is 11.3 Å². The summed E-state index contributed by atoms with van der Waals surface area (Å²) in [5.74, 6) is -0.666. The average Bonchev–Trinajstić information content (AvgIpc) is 3.52. The predicted molar refractivity (Wildman–Crippen MR) is 141 cm³/mol. The monoisotopic (exact) mass is 505 g/mol. The second-order valence-corrected chi connectivity index (χ2v) is 10.6. The molecule has 6 rings (SSSR count). The summed E-state index contributed by atoms with van der Waals surface area (Å²) in [6.07, 6.45) is 13.3. The van der Waals surface area contributed by atoms with Gasteiger partial charge < -0.3 is 19.9 Å². The SMILES string of the molecule is O=C(NC1CCCC1)c1ccc(F)c2c1C=C(N(CCCc1c[nH]c3ccc(F)cc13)C1CCC1)CO2. The molecule has 0 spiro atoms. The molecule has 0 atom stereocenters. The molecule has 2 saturated carbocycles. The Kier molecular flexibility index (Phi) is 6.61. The van der Waals surface area contributed by atoms with Crippen LogP contribution in [-0.2, 0) is 6.42 Å². The van der Waals surface area contributed by atoms with Crippen molar-refractivity contribution in [2.24, 2.45) is 0 Å². The number of halogens is 2. The first-order chi connectivity index (χ1) is 18.1. The number of benzene rings is 2. The quantitative estimate of drug-likeness (QED) is 0.376. The van der Waals surface area contributed by atoms with Gasteiger partial charge in [-0.2, -0.15) is 0 Å². The number of aryl methyl sites for hydroxylation is 1. The lowest BCUT2D eigenvalue weighted by atomic mass is 9.90. The summed E-state index contributed by atoms with van der Waals surface area (Å²) in [6, 6.07) is 8.34. The van der Waals surface area contributed by atoms with Crippen LogP contribution in [0.5, 0.6) is 5.75 Å². The van der Waals surface area contributed by atoms with E-state index in [1.807, 2.05) is 12.3 Å². The maximum Gasteiger partial charge on any atom is 0.252 e. The second kappa shape index (κ2) is 10.2. The number of H-pyrrole nitrogens is 1. The Hall–Kier alpha value is -3.35. The first-order valence-corrected chi connectivity index (χ1v) is 13.6. The molecule has 3 aliphatic rings. The fourth-order valence-electron chi connectivity index (χ4n) is 5.97. The van der Waals surface area contributed by atoms with Crippen molar-refractivity contribution in [3.05, 3.63) is 70.6 Å². The molecule has 2 aliphatic carbocycles. The normalized spacial score (nSPS) is 17.7. The topological polar surface area (TPSA) is 57.4 Å². The van der Waals surface area contributed by atoms with E-state index in [2.05, 4.69) is 15.2 Å². The van der Waals surface area contributed by atoms with Gasteiger partial charge in [-0.3, -0.25) is 4.79 Å². The number of aromatic nitrogens is 1. The van der Waals surface area contributed by atoms with Crippen molar-refractivity contribution in [2.45, 2.75) is 69.9 Å². The van der Waals surface area contributed by atoms with Crippen LogP contribution >= 0.6 is 0 Å². The zero-order valence-corrected chi connectivity index (χ0v) is 21.0. The largest absolute Gasteiger partial charge is 0.484 e. The van der Waals surface area contributed by atoms with Crippen molar-refractivity contribution in [1.29, 1.82) is 0 Å². The van der Waals surface area contributed by atoms with Crippen LogP contribution in [-0.4, -0.2) is 41.0 Å². The summed E-state index contributed by atoms with van der Waals surface area (Å²) in [5.41, 5.74) is 4.04. The maximum absolute atomic E-state index is 14.7. The number of carbonyl (C=O) groups is 1. The van der Waals surface area contributed by atoms with Crippen LogP contribution in [0.15, 0.2) is 42.2 Å². The number of hydrogen-bond donors (Lipinski definition) is 2. The van der Waals surface area contributed by atoms with Gasteiger partial charge in [0, 0.05) is 41.3 Å². The van der Waals surface area contributed by atoms with Crippen LogP contribution in [0.25, 0.3) is 17.0 Å². The van der Waals surface area contributed by atoms with E-state index in [4.69, 9.17) is 4.74 Å². The Balaban J connectivity index is 1.22. The van der Waals surface area contributed by atoms with Crippen molar-refractivity contribution in [3.63, 3.8) is 0 Å². The molecular weight excluding hydrogens is 472 g/mol. The van der Waals surface area contributed by atoms with Crippen LogP contribution in [0, 0.1) is 11.6 Å². The van der Waals surface area contributed by atoms with Crippen LogP contribution in [0.4, 0.5) is 8.78 Å². The number of hydrogen-bond acceptors (Lipinski definition) is 3. The van der Waals surface area contributed by atoms with Crippen LogP contribution in [0.1, 0.15) is 72.9 Å². The van der Waals surface area contributed by atoms with E-state index in [-0.39, 0.29) is 30.1 Å². The van der Waals surface area contributed by atoms with E-state index in [0.717, 1.165) is 80.1 Å². The molecule has 1 amide bonds. The molecule has 0 bridgehead atoms. The van der Waals surface area contributed by atoms with Gasteiger partial charge in [0.25, 0.3) is 5.91 Å². The summed E-state index contributed by atoms with van der Waals surface area (Å²) in [4.78, 5) is 18.8. The highest BCUT2D eigenvalue weighted by Gasteiger charge is 2.31. The van der Waals surface area contributed by atoms with Crippen molar-refractivity contribution in [2.75, 3.05) is 13.2 Å². The molecule has 3 aromatic rings. The minimum Gasteiger partial charge on any atom is -0.484 e. The summed E-state index contributed by atoms with van der Waals surface area (Å²) in [6.45, 7) is 1.10. The number of amides is 1. The first-order valence-electron chi connectivity index (χ1n) is 13.6. The van der Waals surface area contributed by atoms with Crippen molar-refractivity contribution in [1.82, 2.24) is 15.2 Å². The number of ether oxygens (including phenoxy) is 1. The summed E-state index contributed by atoms with van der Waals surface area (Å²) in [7, 11) is 0. The summed E-state index contributed by atoms with van der Waals surface area (Å²) < 4.78 is 34.4. The minimum atomic E-state index is -0.440. The Morgan fingerprint density at radius 3 is 2.70 bits per heavy atom. The Bertz CT molecular complexity index is 1340. The fourth-order valence-corrected chi connectivity index (χ4v) is 5.97. The minimum absolute atomic E-state index is 0.161. The van der Waals surface area contributed by atoms with Gasteiger partial charge in [-0.15, -0.1) is 0 Å². The standard InChI is InChI=1S/C30H33F2N3O2/c31-20-10-13-28-25(15-20)19(17-33-28)5-4-14-35(22-8-3-9-22)23-16-26-24(11-12-27(32)29(26)37-18-23)30(36)34-21-6-1-2-7-21/h10-13,15-17,21-22,33H,1-9,14,18H2,(H,34,36). The van der Waals surface area contributed by atoms with Gasteiger partial charge in [0.1, 0.15) is 12.4 Å². The Morgan fingerprint density at radius 2 is 1.92 bits per heavy atom. The highest BCUT2D eigenvalue weighted by molar-refractivity contribution is 5.99. The predicted octanol–water partition coefficient (Wildman–Crippen LogP) is 6.34. The molecule has 2 heterocycles. The van der Waals surface area contributed by atoms with E-state index < -0.39 is 5.82 Å². The number of aromatic amines is 1. The lowest BCUT2D eigenvalue weighted by Gasteiger charge is -2.41. The number of carbonyl (C=O) groups excluding carboxylic acids is 1. The molecule has 1 aromatic heterocycles. The lowest BCUT2D eigenvalue weighted by molar-refractivity contribution is 0.0936. The highest BCUT2D eigenvalue weighted by Crippen LogP contribution is 2.36. The zero-order valence-electron chi connectivity index (χ0n) is 21.0. The second-order valence-electron chi connectivity index (χ2n) is 10.6. The summed E-state index contributed by atoms with van der Waals surface area (Å²) >= 11 is 0. The maximum atomic E-state index is 14.7. The lowest BCUT2D eigenvalue weighted by Crippen LogP contribution is -2.42. The molecule has 5 nitrogen and oxygen atoms in total. The molecule has 1 aliphatic heterocycles. The molecule has 7 heteroatoms. The van der Waals surface area contributed by atoms with Crippen LogP contribution < -0.4 is 10.1 Å². The average molecular weight is 506 g/mol. The van der Waals surface area contributed by atoms with Gasteiger partial charge >= 0.3 is 0 Å². The van der Waals surface area contributed by atoms with Crippen molar-refractivity contribution >= 4 is 22.9 Å². The van der Waals surface area contributed by atoms with Crippen LogP contribution in [0.3, 0.4) is 0 Å². The molecule has 2 N–H and O–H groups in total. The number of rotatable bonds is 8. The van der Waals surface area contributed by atoms with E-state index >= 15 is 0 Å². The van der Waals surface area contributed by atoms with E-state index in [0.29, 0.717) is 17.2 Å². The van der Waals surface area contributed by atoms with Gasteiger partial charge in [-0.1, -0.05) is 12.8 Å². The van der Waals surface area contributed by atoms with E-state index in [1.165, 1.54) is 18.6 Å². The van der Waals surface area contributed by atoms with Crippen molar-refractivity contribution < 1.29 is 18.3 Å². The van der Waals surface area contributed by atoms with Gasteiger partial charge in [0.15, 0.2) is 11.6 Å². The van der Waals surface area contributed by atoms with Crippen molar-refractivity contribution in [3.8, 4) is 5.75 Å². The molecule has 2 fully saturated rings. The smallest absolute Gasteiger partial charge is 0.252 e. The molecular formula is C30H33F2N3O2. The molecule has 37 heavy (non-hydrogen) atoms. The summed E-state index contributed by atoms with van der Waals surface area (Å²) in [5, 5.41) is 4.06. The van der Waals surface area contributed by atoms with Gasteiger partial charge in [0.2, 0.25) is 0 Å². The van der Waals surface area contributed by atoms with E-state index in [9.17, 15) is 13.6 Å². The van der Waals surface area contributed by atoms with Gasteiger partial charge in [-0.05, 0) is 86.9 Å². The third-order valence-electron chi connectivity index (χ3n) is 8.22. The van der Waals surface area contributed by atoms with E-state index in [1.54, 1.807) is 18.2 Å². The molecule has 0 radical (unpaired) electrons.